The molecular weight excluding hydrogens is 264 g/mol. The predicted molar refractivity (Wildman–Crippen MR) is 80.1 cm³/mol. The Morgan fingerprint density at radius 1 is 1.05 bits per heavy atom. The molecule has 106 valence electrons. The topological polar surface area (TPSA) is 77.0 Å². The van der Waals surface area contributed by atoms with Gasteiger partial charge in [-0.1, -0.05) is 30.3 Å². The molecule has 0 spiro atoms. The number of phenolic OH excluding ortho intramolecular Hbond substituents is 1. The molecule has 3 aromatic rings. The summed E-state index contributed by atoms with van der Waals surface area (Å²) in [5.41, 5.74) is 8.29. The summed E-state index contributed by atoms with van der Waals surface area (Å²) < 4.78 is 1.89. The van der Waals surface area contributed by atoms with Crippen LogP contribution < -0.4 is 5.73 Å². The van der Waals surface area contributed by atoms with Crippen LogP contribution in [0.5, 0.6) is 5.75 Å². The molecule has 1 aromatic heterocycles. The number of aromatic nitrogens is 3. The first-order valence-electron chi connectivity index (χ1n) is 6.73. The van der Waals surface area contributed by atoms with Crippen molar-refractivity contribution in [3.63, 3.8) is 0 Å². The Balaban J connectivity index is 1.84. The van der Waals surface area contributed by atoms with Crippen molar-refractivity contribution in [1.82, 2.24) is 14.8 Å². The van der Waals surface area contributed by atoms with Gasteiger partial charge in [0.05, 0.1) is 6.04 Å². The maximum Gasteiger partial charge on any atom is 0.154 e. The average Bonchev–Trinajstić information content (AvgIpc) is 3.00. The zero-order chi connectivity index (χ0) is 14.7. The fourth-order valence-corrected chi connectivity index (χ4v) is 2.26. The summed E-state index contributed by atoms with van der Waals surface area (Å²) in [6, 6.07) is 16.6. The molecule has 0 saturated carbocycles. The second kappa shape index (κ2) is 5.76. The van der Waals surface area contributed by atoms with E-state index in [1.165, 1.54) is 0 Å². The number of hydrogen-bond donors (Lipinski definition) is 2. The second-order valence-electron chi connectivity index (χ2n) is 4.87. The van der Waals surface area contributed by atoms with Crippen molar-refractivity contribution in [3.8, 4) is 11.4 Å². The van der Waals surface area contributed by atoms with Gasteiger partial charge in [-0.2, -0.15) is 0 Å². The molecule has 3 N–H and O–H groups in total. The van der Waals surface area contributed by atoms with Crippen molar-refractivity contribution in [2.75, 3.05) is 0 Å². The lowest BCUT2D eigenvalue weighted by Gasteiger charge is -2.13. The molecule has 0 aliphatic carbocycles. The average molecular weight is 280 g/mol. The molecule has 0 radical (unpaired) electrons. The quantitative estimate of drug-likeness (QED) is 0.768. The van der Waals surface area contributed by atoms with Crippen LogP contribution in [0.2, 0.25) is 0 Å². The van der Waals surface area contributed by atoms with Crippen molar-refractivity contribution >= 4 is 0 Å². The molecule has 1 unspecified atom stereocenters. The van der Waals surface area contributed by atoms with Crippen LogP contribution in [-0.2, 0) is 6.42 Å². The minimum absolute atomic E-state index is 0.250. The lowest BCUT2D eigenvalue weighted by Crippen LogP contribution is -2.18. The number of benzene rings is 2. The maximum atomic E-state index is 9.31. The molecule has 5 heteroatoms. The van der Waals surface area contributed by atoms with Gasteiger partial charge in [-0.15, -0.1) is 10.2 Å². The fourth-order valence-electron chi connectivity index (χ4n) is 2.26. The van der Waals surface area contributed by atoms with Crippen LogP contribution in [-0.4, -0.2) is 19.9 Å². The zero-order valence-electron chi connectivity index (χ0n) is 11.4. The Morgan fingerprint density at radius 2 is 1.76 bits per heavy atom. The van der Waals surface area contributed by atoms with E-state index >= 15 is 0 Å². The van der Waals surface area contributed by atoms with E-state index < -0.39 is 0 Å². The normalized spacial score (nSPS) is 12.2. The van der Waals surface area contributed by atoms with E-state index in [1.807, 2.05) is 47.0 Å². The van der Waals surface area contributed by atoms with Gasteiger partial charge >= 0.3 is 0 Å². The smallest absolute Gasteiger partial charge is 0.154 e. The van der Waals surface area contributed by atoms with Gasteiger partial charge in [-0.25, -0.2) is 0 Å². The summed E-state index contributed by atoms with van der Waals surface area (Å²) >= 11 is 0. The highest BCUT2D eigenvalue weighted by atomic mass is 16.3. The number of phenols is 1. The van der Waals surface area contributed by atoms with Gasteiger partial charge in [-0.3, -0.25) is 4.57 Å². The highest BCUT2D eigenvalue weighted by Gasteiger charge is 2.15. The standard InChI is InChI=1S/C16H16N4O/c17-15(10-12-6-8-14(21)9-7-12)16-19-18-11-20(16)13-4-2-1-3-5-13/h1-9,11,15,21H,10,17H2. The van der Waals surface area contributed by atoms with Crippen LogP contribution in [0.15, 0.2) is 60.9 Å². The monoisotopic (exact) mass is 280 g/mol. The number of aromatic hydroxyl groups is 1. The molecule has 1 heterocycles. The molecule has 0 aliphatic heterocycles. The van der Waals surface area contributed by atoms with E-state index in [-0.39, 0.29) is 11.8 Å². The molecule has 21 heavy (non-hydrogen) atoms. The van der Waals surface area contributed by atoms with Crippen LogP contribution >= 0.6 is 0 Å². The number of nitrogens with two attached hydrogens (primary N) is 1. The lowest BCUT2D eigenvalue weighted by atomic mass is 10.1. The van der Waals surface area contributed by atoms with Crippen LogP contribution in [0.3, 0.4) is 0 Å². The molecule has 5 nitrogen and oxygen atoms in total. The number of para-hydroxylation sites is 1. The van der Waals surface area contributed by atoms with Crippen molar-refractivity contribution in [2.45, 2.75) is 12.5 Å². The van der Waals surface area contributed by atoms with Gasteiger partial charge in [-0.05, 0) is 36.2 Å². The summed E-state index contributed by atoms with van der Waals surface area (Å²) in [4.78, 5) is 0. The highest BCUT2D eigenvalue weighted by molar-refractivity contribution is 5.33. The summed E-state index contributed by atoms with van der Waals surface area (Å²) in [7, 11) is 0. The predicted octanol–water partition coefficient (Wildman–Crippen LogP) is 2.22. The first-order valence-corrected chi connectivity index (χ1v) is 6.73. The van der Waals surface area contributed by atoms with Crippen LogP contribution in [0, 0.1) is 0 Å². The van der Waals surface area contributed by atoms with Crippen LogP contribution in [0.4, 0.5) is 0 Å². The van der Waals surface area contributed by atoms with Crippen LogP contribution in [0.25, 0.3) is 5.69 Å². The first kappa shape index (κ1) is 13.3. The Hall–Kier alpha value is -2.66. The number of hydrogen-bond acceptors (Lipinski definition) is 4. The molecule has 3 rings (SSSR count). The Labute approximate surface area is 122 Å². The summed E-state index contributed by atoms with van der Waals surface area (Å²) in [6.45, 7) is 0. The summed E-state index contributed by atoms with van der Waals surface area (Å²) in [5.74, 6) is 0.967. The third-order valence-electron chi connectivity index (χ3n) is 3.33. The van der Waals surface area contributed by atoms with Crippen LogP contribution in [0.1, 0.15) is 17.4 Å². The largest absolute Gasteiger partial charge is 0.508 e. The molecule has 0 aliphatic rings. The van der Waals surface area contributed by atoms with Crippen molar-refractivity contribution in [2.24, 2.45) is 5.73 Å². The van der Waals surface area contributed by atoms with E-state index in [0.717, 1.165) is 11.3 Å². The Kier molecular flexibility index (Phi) is 3.66. The maximum absolute atomic E-state index is 9.31. The van der Waals surface area contributed by atoms with E-state index in [9.17, 15) is 5.11 Å². The van der Waals surface area contributed by atoms with Crippen molar-refractivity contribution < 1.29 is 5.11 Å². The molecule has 0 bridgehead atoms. The molecular formula is C16H16N4O. The van der Waals surface area contributed by atoms with Crippen molar-refractivity contribution in [3.05, 3.63) is 72.3 Å². The summed E-state index contributed by atoms with van der Waals surface area (Å²) in [6.07, 6.45) is 2.30. The molecule has 1 atom stereocenters. The molecule has 2 aromatic carbocycles. The Bertz CT molecular complexity index is 707. The fraction of sp³-hybridized carbons (Fsp3) is 0.125. The van der Waals surface area contributed by atoms with E-state index in [1.54, 1.807) is 18.5 Å². The number of nitrogens with zero attached hydrogens (tertiary/aromatic N) is 3. The van der Waals surface area contributed by atoms with Gasteiger partial charge in [0.15, 0.2) is 5.82 Å². The second-order valence-corrected chi connectivity index (χ2v) is 4.87. The molecule has 0 fully saturated rings. The third kappa shape index (κ3) is 2.93. The zero-order valence-corrected chi connectivity index (χ0v) is 11.4. The van der Waals surface area contributed by atoms with E-state index in [2.05, 4.69) is 10.2 Å². The SMILES string of the molecule is NC(Cc1ccc(O)cc1)c1nncn1-c1ccccc1. The highest BCUT2D eigenvalue weighted by Crippen LogP contribution is 2.19. The third-order valence-corrected chi connectivity index (χ3v) is 3.33. The van der Waals surface area contributed by atoms with Gasteiger partial charge in [0.25, 0.3) is 0 Å². The van der Waals surface area contributed by atoms with E-state index in [4.69, 9.17) is 5.73 Å². The minimum Gasteiger partial charge on any atom is -0.508 e. The summed E-state index contributed by atoms with van der Waals surface area (Å²) in [5, 5.41) is 17.4. The van der Waals surface area contributed by atoms with Gasteiger partial charge in [0.1, 0.15) is 12.1 Å². The molecule has 0 amide bonds. The van der Waals surface area contributed by atoms with Gasteiger partial charge in [0, 0.05) is 5.69 Å². The van der Waals surface area contributed by atoms with Gasteiger partial charge < -0.3 is 10.8 Å². The van der Waals surface area contributed by atoms with Crippen molar-refractivity contribution in [1.29, 1.82) is 0 Å². The lowest BCUT2D eigenvalue weighted by molar-refractivity contribution is 0.475. The molecule has 0 saturated heterocycles. The van der Waals surface area contributed by atoms with E-state index in [0.29, 0.717) is 12.2 Å². The Morgan fingerprint density at radius 3 is 2.48 bits per heavy atom. The number of rotatable bonds is 4. The minimum atomic E-state index is -0.266. The first-order chi connectivity index (χ1) is 10.2. The van der Waals surface area contributed by atoms with Gasteiger partial charge in [0.2, 0.25) is 0 Å².